The molecule has 2 aromatic heterocycles. The zero-order valence-corrected chi connectivity index (χ0v) is 20.7. The third-order valence-corrected chi connectivity index (χ3v) is 6.45. The molecule has 8 heteroatoms. The van der Waals surface area contributed by atoms with Crippen molar-refractivity contribution in [2.24, 2.45) is 5.92 Å². The summed E-state index contributed by atoms with van der Waals surface area (Å²) in [6.45, 7) is 9.21. The highest BCUT2D eigenvalue weighted by Gasteiger charge is 2.31. The normalized spacial score (nSPS) is 19.4. The van der Waals surface area contributed by atoms with Gasteiger partial charge < -0.3 is 19.1 Å². The van der Waals surface area contributed by atoms with Gasteiger partial charge in [0.25, 0.3) is 0 Å². The molecule has 0 unspecified atom stereocenters. The number of thioether (sulfide) groups is 1. The van der Waals surface area contributed by atoms with Gasteiger partial charge in [0.15, 0.2) is 0 Å². The maximum absolute atomic E-state index is 10.5. The second-order valence-electron chi connectivity index (χ2n) is 9.65. The van der Waals surface area contributed by atoms with Gasteiger partial charge in [-0.05, 0) is 38.3 Å². The molecule has 1 N–H and O–H groups in total. The third kappa shape index (κ3) is 6.06. The zero-order valence-electron chi connectivity index (χ0n) is 19.9. The van der Waals surface area contributed by atoms with E-state index in [1.54, 1.807) is 18.1 Å². The lowest BCUT2D eigenvalue weighted by Gasteiger charge is -2.21. The van der Waals surface area contributed by atoms with Crippen molar-refractivity contribution >= 4 is 22.8 Å². The van der Waals surface area contributed by atoms with Crippen LogP contribution in [0.15, 0.2) is 42.9 Å². The fourth-order valence-electron chi connectivity index (χ4n) is 4.28. The molecule has 1 aliphatic heterocycles. The standard InChI is InChI=1S/C25H34N4O3S/c1-25(2,3)32-24-23-22(26-16-27-24)19(10-28-11-20(15-33-4)21(30)13-28)12-29(23)17-31-14-18-8-6-5-7-9-18/h5-9,12,16,20-21,30H,10-11,13-15,17H2,1-4H3/t20-,21-/m1/s1. The number of aromatic nitrogens is 3. The predicted octanol–water partition coefficient (Wildman–Crippen LogP) is 3.94. The van der Waals surface area contributed by atoms with Crippen LogP contribution in [0.5, 0.6) is 5.88 Å². The number of benzene rings is 1. The first kappa shape index (κ1) is 24.0. The van der Waals surface area contributed by atoms with Gasteiger partial charge in [0.05, 0.1) is 12.7 Å². The van der Waals surface area contributed by atoms with Crippen LogP contribution in [-0.2, 0) is 24.6 Å². The molecular formula is C25H34N4O3S. The minimum Gasteiger partial charge on any atom is -0.470 e. The van der Waals surface area contributed by atoms with Crippen LogP contribution >= 0.6 is 11.8 Å². The molecule has 1 aromatic carbocycles. The lowest BCUT2D eigenvalue weighted by atomic mass is 10.1. The maximum atomic E-state index is 10.5. The summed E-state index contributed by atoms with van der Waals surface area (Å²) in [5.41, 5.74) is 3.55. The summed E-state index contributed by atoms with van der Waals surface area (Å²) in [5, 5.41) is 10.5. The van der Waals surface area contributed by atoms with E-state index in [2.05, 4.69) is 39.5 Å². The van der Waals surface area contributed by atoms with Gasteiger partial charge in [-0.2, -0.15) is 16.7 Å². The van der Waals surface area contributed by atoms with Crippen LogP contribution in [0.3, 0.4) is 0 Å². The molecule has 0 amide bonds. The topological polar surface area (TPSA) is 72.6 Å². The number of aliphatic hydroxyl groups excluding tert-OH is 1. The number of hydrogen-bond acceptors (Lipinski definition) is 7. The van der Waals surface area contributed by atoms with Crippen molar-refractivity contribution < 1.29 is 14.6 Å². The van der Waals surface area contributed by atoms with E-state index < -0.39 is 0 Å². The summed E-state index contributed by atoms with van der Waals surface area (Å²) in [5.74, 6) is 1.83. The quantitative estimate of drug-likeness (QED) is 0.508. The number of hydrogen-bond donors (Lipinski definition) is 1. The van der Waals surface area contributed by atoms with Gasteiger partial charge in [-0.3, -0.25) is 4.90 Å². The number of likely N-dealkylation sites (tertiary alicyclic amines) is 1. The second-order valence-corrected chi connectivity index (χ2v) is 10.6. The largest absolute Gasteiger partial charge is 0.470 e. The molecule has 3 aromatic rings. The molecule has 4 rings (SSSR count). The Morgan fingerprint density at radius 3 is 2.67 bits per heavy atom. The monoisotopic (exact) mass is 470 g/mol. The van der Waals surface area contributed by atoms with E-state index in [1.165, 1.54) is 0 Å². The van der Waals surface area contributed by atoms with E-state index >= 15 is 0 Å². The van der Waals surface area contributed by atoms with Crippen LogP contribution in [0.25, 0.3) is 11.0 Å². The minimum absolute atomic E-state index is 0.283. The van der Waals surface area contributed by atoms with E-state index in [-0.39, 0.29) is 11.7 Å². The van der Waals surface area contributed by atoms with Gasteiger partial charge in [-0.15, -0.1) is 0 Å². The molecule has 0 radical (unpaired) electrons. The number of β-amino-alcohol motifs (C(OH)–C–C–N with tert-alkyl or cyclic N) is 1. The first-order chi connectivity index (χ1) is 15.8. The molecular weight excluding hydrogens is 436 g/mol. The van der Waals surface area contributed by atoms with E-state index in [0.717, 1.165) is 41.0 Å². The summed E-state index contributed by atoms with van der Waals surface area (Å²) in [6.07, 6.45) is 5.46. The number of aliphatic hydroxyl groups is 1. The Kier molecular flexibility index (Phi) is 7.58. The summed E-state index contributed by atoms with van der Waals surface area (Å²) < 4.78 is 14.3. The molecule has 33 heavy (non-hydrogen) atoms. The van der Waals surface area contributed by atoms with E-state index in [4.69, 9.17) is 9.47 Å². The highest BCUT2D eigenvalue weighted by atomic mass is 32.2. The molecule has 178 valence electrons. The van der Waals surface area contributed by atoms with Crippen LogP contribution in [0, 0.1) is 5.92 Å². The lowest BCUT2D eigenvalue weighted by Crippen LogP contribution is -2.24. The smallest absolute Gasteiger partial charge is 0.242 e. The van der Waals surface area contributed by atoms with Gasteiger partial charge in [0, 0.05) is 37.3 Å². The highest BCUT2D eigenvalue weighted by Crippen LogP contribution is 2.31. The second kappa shape index (κ2) is 10.4. The maximum Gasteiger partial charge on any atom is 0.242 e. The molecule has 0 bridgehead atoms. The summed E-state index contributed by atoms with van der Waals surface area (Å²) >= 11 is 1.79. The number of ether oxygens (including phenoxy) is 2. The van der Waals surface area contributed by atoms with Gasteiger partial charge in [0.2, 0.25) is 5.88 Å². The van der Waals surface area contributed by atoms with Crippen molar-refractivity contribution in [2.45, 2.75) is 52.4 Å². The van der Waals surface area contributed by atoms with Crippen molar-refractivity contribution in [3.05, 3.63) is 54.0 Å². The lowest BCUT2D eigenvalue weighted by molar-refractivity contribution is 0.0654. The Morgan fingerprint density at radius 1 is 1.15 bits per heavy atom. The summed E-state index contributed by atoms with van der Waals surface area (Å²) in [7, 11) is 0. The van der Waals surface area contributed by atoms with Crippen molar-refractivity contribution in [3.63, 3.8) is 0 Å². The molecule has 3 heterocycles. The van der Waals surface area contributed by atoms with Gasteiger partial charge in [-0.25, -0.2) is 4.98 Å². The van der Waals surface area contributed by atoms with Crippen LogP contribution in [0.1, 0.15) is 31.9 Å². The number of nitrogens with zero attached hydrogens (tertiary/aromatic N) is 4. The Morgan fingerprint density at radius 2 is 1.94 bits per heavy atom. The molecule has 1 saturated heterocycles. The number of rotatable bonds is 9. The van der Waals surface area contributed by atoms with E-state index in [1.807, 2.05) is 43.5 Å². The van der Waals surface area contributed by atoms with E-state index in [9.17, 15) is 5.11 Å². The van der Waals surface area contributed by atoms with Crippen LogP contribution in [-0.4, -0.2) is 61.3 Å². The highest BCUT2D eigenvalue weighted by molar-refractivity contribution is 7.98. The molecule has 1 fully saturated rings. The molecule has 2 atom stereocenters. The molecule has 0 saturated carbocycles. The number of fused-ring (bicyclic) bond motifs is 1. The zero-order chi connectivity index (χ0) is 23.4. The van der Waals surface area contributed by atoms with Crippen LogP contribution in [0.2, 0.25) is 0 Å². The van der Waals surface area contributed by atoms with Crippen molar-refractivity contribution in [2.75, 3.05) is 25.1 Å². The third-order valence-electron chi connectivity index (χ3n) is 5.69. The molecule has 0 aliphatic carbocycles. The average molecular weight is 471 g/mol. The first-order valence-electron chi connectivity index (χ1n) is 11.4. The van der Waals surface area contributed by atoms with Crippen molar-refractivity contribution in [3.8, 4) is 5.88 Å². The summed E-state index contributed by atoms with van der Waals surface area (Å²) in [4.78, 5) is 11.4. The van der Waals surface area contributed by atoms with E-state index in [0.29, 0.717) is 31.7 Å². The Labute approximate surface area is 200 Å². The fourth-order valence-corrected chi connectivity index (χ4v) is 5.03. The summed E-state index contributed by atoms with van der Waals surface area (Å²) in [6, 6.07) is 10.1. The first-order valence-corrected chi connectivity index (χ1v) is 12.8. The molecule has 7 nitrogen and oxygen atoms in total. The Hall–Kier alpha value is -2.13. The Bertz CT molecular complexity index is 1050. The Balaban J connectivity index is 1.59. The minimum atomic E-state index is -0.383. The van der Waals surface area contributed by atoms with Gasteiger partial charge >= 0.3 is 0 Å². The van der Waals surface area contributed by atoms with Gasteiger partial charge in [-0.1, -0.05) is 30.3 Å². The molecule has 1 aliphatic rings. The van der Waals surface area contributed by atoms with Crippen molar-refractivity contribution in [1.29, 1.82) is 0 Å². The average Bonchev–Trinajstić information content (AvgIpc) is 3.29. The predicted molar refractivity (Wildman–Crippen MR) is 132 cm³/mol. The van der Waals surface area contributed by atoms with Crippen LogP contribution < -0.4 is 4.74 Å². The van der Waals surface area contributed by atoms with Gasteiger partial charge in [0.1, 0.15) is 29.7 Å². The SMILES string of the molecule is CSC[C@H]1CN(Cc2cn(COCc3ccccc3)c3c(OC(C)(C)C)ncnc23)C[C@H]1O. The van der Waals surface area contributed by atoms with Crippen molar-refractivity contribution in [1.82, 2.24) is 19.4 Å². The fraction of sp³-hybridized carbons (Fsp3) is 0.520. The molecule has 0 spiro atoms. The van der Waals surface area contributed by atoms with Crippen LogP contribution in [0.4, 0.5) is 0 Å².